The lowest BCUT2D eigenvalue weighted by Crippen LogP contribution is -2.21. The Morgan fingerprint density at radius 3 is 2.77 bits per heavy atom. The Morgan fingerprint density at radius 1 is 1.23 bits per heavy atom. The first kappa shape index (κ1) is 19.4. The van der Waals surface area contributed by atoms with E-state index in [1.54, 1.807) is 30.5 Å². The number of amides is 1. The minimum absolute atomic E-state index is 0.0328. The van der Waals surface area contributed by atoms with Crippen LogP contribution in [0.1, 0.15) is 23.0 Å². The van der Waals surface area contributed by atoms with E-state index in [0.717, 1.165) is 0 Å². The first-order chi connectivity index (χ1) is 12.5. The van der Waals surface area contributed by atoms with Crippen molar-refractivity contribution in [2.24, 2.45) is 0 Å². The molecule has 8 nitrogen and oxygen atoms in total. The molecule has 1 heterocycles. The highest BCUT2D eigenvalue weighted by atomic mass is 32.1. The summed E-state index contributed by atoms with van der Waals surface area (Å²) in [6.07, 6.45) is 0.0328. The zero-order chi connectivity index (χ0) is 18.9. The third-order valence-electron chi connectivity index (χ3n) is 3.07. The number of hydrogen-bond acceptors (Lipinski definition) is 8. The van der Waals surface area contributed by atoms with Crippen LogP contribution in [0.4, 0.5) is 5.13 Å². The van der Waals surface area contributed by atoms with Gasteiger partial charge in [0.05, 0.1) is 31.4 Å². The van der Waals surface area contributed by atoms with Gasteiger partial charge in [-0.25, -0.2) is 9.78 Å². The van der Waals surface area contributed by atoms with E-state index >= 15 is 0 Å². The number of anilines is 1. The van der Waals surface area contributed by atoms with Crippen LogP contribution in [0, 0.1) is 0 Å². The van der Waals surface area contributed by atoms with Crippen molar-refractivity contribution < 1.29 is 28.6 Å². The summed E-state index contributed by atoms with van der Waals surface area (Å²) in [5.41, 5.74) is 0.778. The quantitative estimate of drug-likeness (QED) is 0.701. The summed E-state index contributed by atoms with van der Waals surface area (Å²) in [5.74, 6) is -1.04. The molecule has 0 saturated carbocycles. The highest BCUT2D eigenvalue weighted by Crippen LogP contribution is 2.16. The Hall–Kier alpha value is -2.94. The second kappa shape index (κ2) is 9.52. The molecule has 0 atom stereocenters. The number of nitrogens with zero attached hydrogens (tertiary/aromatic N) is 1. The number of nitrogens with one attached hydrogen (secondary N) is 1. The van der Waals surface area contributed by atoms with E-state index in [2.05, 4.69) is 10.3 Å². The number of rotatable bonds is 8. The van der Waals surface area contributed by atoms with E-state index in [1.165, 1.54) is 24.5 Å². The summed E-state index contributed by atoms with van der Waals surface area (Å²) in [6, 6.07) is 6.42. The second-order valence-electron chi connectivity index (χ2n) is 4.98. The third kappa shape index (κ3) is 5.85. The first-order valence-electron chi connectivity index (χ1n) is 7.73. The highest BCUT2D eigenvalue weighted by Gasteiger charge is 2.13. The van der Waals surface area contributed by atoms with Crippen LogP contribution < -0.4 is 10.1 Å². The molecule has 1 aromatic heterocycles. The van der Waals surface area contributed by atoms with Crippen molar-refractivity contribution in [1.29, 1.82) is 0 Å². The third-order valence-corrected chi connectivity index (χ3v) is 3.88. The van der Waals surface area contributed by atoms with Gasteiger partial charge in [-0.05, 0) is 25.1 Å². The highest BCUT2D eigenvalue weighted by molar-refractivity contribution is 7.13. The molecule has 1 aromatic carbocycles. The molecule has 0 fully saturated rings. The summed E-state index contributed by atoms with van der Waals surface area (Å²) in [6.45, 7) is 1.56. The fourth-order valence-corrected chi connectivity index (χ4v) is 2.65. The van der Waals surface area contributed by atoms with Crippen molar-refractivity contribution in [3.63, 3.8) is 0 Å². The van der Waals surface area contributed by atoms with E-state index in [-0.39, 0.29) is 18.0 Å². The zero-order valence-corrected chi connectivity index (χ0v) is 15.1. The predicted octanol–water partition coefficient (Wildman–Crippen LogP) is 2.05. The maximum absolute atomic E-state index is 11.9. The maximum atomic E-state index is 11.9. The van der Waals surface area contributed by atoms with Gasteiger partial charge in [0.25, 0.3) is 5.91 Å². The molecule has 0 aliphatic rings. The van der Waals surface area contributed by atoms with Crippen LogP contribution in [0.5, 0.6) is 5.75 Å². The molecule has 9 heteroatoms. The monoisotopic (exact) mass is 378 g/mol. The van der Waals surface area contributed by atoms with E-state index in [0.29, 0.717) is 23.2 Å². The SMILES string of the molecule is CCOC(=O)Cc1csc(NC(=O)COC(=O)c2cccc(OC)c2)n1. The van der Waals surface area contributed by atoms with Crippen molar-refractivity contribution in [2.45, 2.75) is 13.3 Å². The summed E-state index contributed by atoms with van der Waals surface area (Å²) >= 11 is 1.17. The number of carbonyl (C=O) groups excluding carboxylic acids is 3. The van der Waals surface area contributed by atoms with Crippen LogP contribution in [0.25, 0.3) is 0 Å². The number of ether oxygens (including phenoxy) is 3. The van der Waals surface area contributed by atoms with Crippen molar-refractivity contribution in [1.82, 2.24) is 4.98 Å². The molecule has 0 unspecified atom stereocenters. The van der Waals surface area contributed by atoms with Gasteiger partial charge in [0.15, 0.2) is 11.7 Å². The van der Waals surface area contributed by atoms with Crippen LogP contribution >= 0.6 is 11.3 Å². The largest absolute Gasteiger partial charge is 0.497 e. The van der Waals surface area contributed by atoms with E-state index in [1.807, 2.05) is 0 Å². The molecule has 0 radical (unpaired) electrons. The maximum Gasteiger partial charge on any atom is 0.338 e. The van der Waals surface area contributed by atoms with Gasteiger partial charge in [-0.1, -0.05) is 6.07 Å². The summed E-state index contributed by atoms with van der Waals surface area (Å²) in [7, 11) is 1.49. The Labute approximate surface area is 154 Å². The Morgan fingerprint density at radius 2 is 2.04 bits per heavy atom. The molecule has 0 spiro atoms. The van der Waals surface area contributed by atoms with Crippen LogP contribution in [-0.4, -0.2) is 43.2 Å². The lowest BCUT2D eigenvalue weighted by Gasteiger charge is -2.06. The molecule has 138 valence electrons. The van der Waals surface area contributed by atoms with Gasteiger partial charge in [0.2, 0.25) is 0 Å². The lowest BCUT2D eigenvalue weighted by atomic mass is 10.2. The van der Waals surface area contributed by atoms with Crippen molar-refractivity contribution in [3.8, 4) is 5.75 Å². The average Bonchev–Trinajstić information content (AvgIpc) is 3.06. The Balaban J connectivity index is 1.82. The van der Waals surface area contributed by atoms with Gasteiger partial charge in [-0.2, -0.15) is 0 Å². The van der Waals surface area contributed by atoms with Gasteiger partial charge >= 0.3 is 11.9 Å². The molecular weight excluding hydrogens is 360 g/mol. The van der Waals surface area contributed by atoms with Crippen LogP contribution in [0.3, 0.4) is 0 Å². The molecule has 2 rings (SSSR count). The molecule has 0 aliphatic carbocycles. The molecule has 26 heavy (non-hydrogen) atoms. The van der Waals surface area contributed by atoms with Crippen LogP contribution in [-0.2, 0) is 25.5 Å². The minimum Gasteiger partial charge on any atom is -0.497 e. The Bertz CT molecular complexity index is 789. The number of carbonyl (C=O) groups is 3. The Kier molecular flexibility index (Phi) is 7.10. The van der Waals surface area contributed by atoms with Gasteiger partial charge in [-0.15, -0.1) is 11.3 Å². The van der Waals surface area contributed by atoms with E-state index in [4.69, 9.17) is 14.2 Å². The van der Waals surface area contributed by atoms with Gasteiger partial charge in [-0.3, -0.25) is 14.9 Å². The molecule has 2 aromatic rings. The smallest absolute Gasteiger partial charge is 0.338 e. The number of aromatic nitrogens is 1. The second-order valence-corrected chi connectivity index (χ2v) is 5.84. The molecule has 0 aliphatic heterocycles. The number of esters is 2. The van der Waals surface area contributed by atoms with Crippen LogP contribution in [0.15, 0.2) is 29.6 Å². The molecular formula is C17H18N2O6S. The fourth-order valence-electron chi connectivity index (χ4n) is 1.93. The summed E-state index contributed by atoms with van der Waals surface area (Å²) in [5, 5.41) is 4.47. The van der Waals surface area contributed by atoms with Crippen molar-refractivity contribution in [2.75, 3.05) is 25.6 Å². The van der Waals surface area contributed by atoms with Crippen molar-refractivity contribution in [3.05, 3.63) is 40.9 Å². The normalized spacial score (nSPS) is 10.1. The topological polar surface area (TPSA) is 104 Å². The lowest BCUT2D eigenvalue weighted by molar-refractivity contribution is -0.142. The summed E-state index contributed by atoms with van der Waals surface area (Å²) in [4.78, 5) is 39.3. The average molecular weight is 378 g/mol. The van der Waals surface area contributed by atoms with Crippen LogP contribution in [0.2, 0.25) is 0 Å². The summed E-state index contributed by atoms with van der Waals surface area (Å²) < 4.78 is 14.8. The molecule has 1 amide bonds. The first-order valence-corrected chi connectivity index (χ1v) is 8.60. The zero-order valence-electron chi connectivity index (χ0n) is 14.3. The number of methoxy groups -OCH3 is 1. The molecule has 1 N–H and O–H groups in total. The van der Waals surface area contributed by atoms with Crippen molar-refractivity contribution >= 4 is 34.3 Å². The minimum atomic E-state index is -0.638. The standard InChI is InChI=1S/C17H18N2O6S/c1-3-24-15(21)8-12-10-26-17(18-12)19-14(20)9-25-16(22)11-5-4-6-13(7-11)23-2/h4-7,10H,3,8-9H2,1-2H3,(H,18,19,20). The number of thiazole rings is 1. The molecule has 0 saturated heterocycles. The number of benzene rings is 1. The van der Waals surface area contributed by atoms with Gasteiger partial charge in [0, 0.05) is 5.38 Å². The van der Waals surface area contributed by atoms with Gasteiger partial charge < -0.3 is 14.2 Å². The van der Waals surface area contributed by atoms with Gasteiger partial charge in [0.1, 0.15) is 5.75 Å². The predicted molar refractivity (Wildman–Crippen MR) is 94.4 cm³/mol. The fraction of sp³-hybridized carbons (Fsp3) is 0.294. The molecule has 0 bridgehead atoms. The van der Waals surface area contributed by atoms with E-state index < -0.39 is 18.5 Å². The van der Waals surface area contributed by atoms with E-state index in [9.17, 15) is 14.4 Å². The number of hydrogen-bond donors (Lipinski definition) is 1.